The van der Waals surface area contributed by atoms with Gasteiger partial charge < -0.3 is 25.6 Å². The number of hydrogen-bond acceptors (Lipinski definition) is 7. The van der Waals surface area contributed by atoms with Crippen molar-refractivity contribution in [2.75, 3.05) is 13.1 Å². The number of amides is 2. The number of pyridine rings is 1. The predicted octanol–water partition coefficient (Wildman–Crippen LogP) is 0.403. The maximum atomic E-state index is 13.1. The molecule has 10 nitrogen and oxygen atoms in total. The monoisotopic (exact) mass is 435 g/mol. The first-order chi connectivity index (χ1) is 14.1. The summed E-state index contributed by atoms with van der Waals surface area (Å²) in [6.07, 6.45) is 1.35. The number of aliphatic hydroxyl groups is 1. The number of carboxylic acid groups (broad SMARTS) is 1. The van der Waals surface area contributed by atoms with Crippen LogP contribution in [0.15, 0.2) is 53.6 Å². The van der Waals surface area contributed by atoms with Gasteiger partial charge in [0.25, 0.3) is 0 Å². The number of carbonyl (C=O) groups excluding carboxylic acids is 1. The highest BCUT2D eigenvalue weighted by molar-refractivity contribution is 7.92. The fourth-order valence-electron chi connectivity index (χ4n) is 3.32. The van der Waals surface area contributed by atoms with E-state index >= 15 is 0 Å². The summed E-state index contributed by atoms with van der Waals surface area (Å²) in [6.45, 7) is -0.607. The molecule has 0 spiro atoms. The lowest BCUT2D eigenvalue weighted by Gasteiger charge is -2.40. The van der Waals surface area contributed by atoms with Gasteiger partial charge in [-0.1, -0.05) is 6.07 Å². The number of aromatic nitrogens is 1. The first-order valence-electron chi connectivity index (χ1n) is 9.01. The van der Waals surface area contributed by atoms with Gasteiger partial charge >= 0.3 is 12.0 Å². The van der Waals surface area contributed by atoms with Crippen LogP contribution in [0.3, 0.4) is 0 Å². The molecule has 2 unspecified atom stereocenters. The minimum absolute atomic E-state index is 0.0832. The van der Waals surface area contributed by atoms with E-state index in [1.165, 1.54) is 24.3 Å². The van der Waals surface area contributed by atoms with Crippen molar-refractivity contribution < 1.29 is 33.0 Å². The highest BCUT2D eigenvalue weighted by atomic mass is 32.2. The van der Waals surface area contributed by atoms with E-state index in [0.717, 1.165) is 4.90 Å². The molecule has 0 bridgehead atoms. The van der Waals surface area contributed by atoms with Gasteiger partial charge in [-0.05, 0) is 42.8 Å². The Hall–Kier alpha value is -3.18. The highest BCUT2D eigenvalue weighted by Crippen LogP contribution is 2.32. The van der Waals surface area contributed by atoms with Gasteiger partial charge in [0.15, 0.2) is 15.4 Å². The molecule has 2 aromatic rings. The van der Waals surface area contributed by atoms with E-state index in [9.17, 15) is 28.2 Å². The molecule has 1 aromatic carbocycles. The van der Waals surface area contributed by atoms with Crippen LogP contribution in [0, 0.1) is 0 Å². The number of aliphatic carboxylic acids is 1. The van der Waals surface area contributed by atoms with Crippen molar-refractivity contribution in [2.45, 2.75) is 28.8 Å². The third kappa shape index (κ3) is 4.21. The number of carboxylic acids is 1. The second-order valence-electron chi connectivity index (χ2n) is 6.89. The van der Waals surface area contributed by atoms with Gasteiger partial charge in [0.1, 0.15) is 17.6 Å². The molecular weight excluding hydrogens is 414 g/mol. The summed E-state index contributed by atoms with van der Waals surface area (Å²) in [6, 6.07) is 9.88. The Balaban J connectivity index is 1.80. The molecule has 3 rings (SSSR count). The Labute approximate surface area is 172 Å². The number of primary amides is 1. The maximum Gasteiger partial charge on any atom is 0.338 e. The van der Waals surface area contributed by atoms with E-state index in [4.69, 9.17) is 10.5 Å². The standard InChI is InChI=1S/C19H21N3O7S/c20-18(25)22-10-8-16(19(26,12-22)17(23)24)30(27,28)15-6-4-14(5-7-15)29-11-13-3-1-2-9-21-13/h1-7,9,16,26H,8,10-12H2,(H2,20,25)(H,23,24). The lowest BCUT2D eigenvalue weighted by molar-refractivity contribution is -0.162. The van der Waals surface area contributed by atoms with E-state index in [-0.39, 0.29) is 24.5 Å². The summed E-state index contributed by atoms with van der Waals surface area (Å²) < 4.78 is 31.7. The number of likely N-dealkylation sites (tertiary alicyclic amines) is 1. The number of carbonyl (C=O) groups is 2. The zero-order chi connectivity index (χ0) is 21.9. The first kappa shape index (κ1) is 21.5. The fraction of sp³-hybridized carbons (Fsp3) is 0.316. The number of urea groups is 1. The quantitative estimate of drug-likeness (QED) is 0.588. The predicted molar refractivity (Wildman–Crippen MR) is 104 cm³/mol. The van der Waals surface area contributed by atoms with Crippen molar-refractivity contribution in [2.24, 2.45) is 5.73 Å². The number of nitrogens with two attached hydrogens (primary N) is 1. The molecule has 1 aromatic heterocycles. The van der Waals surface area contributed by atoms with E-state index in [1.54, 1.807) is 18.3 Å². The number of hydrogen-bond donors (Lipinski definition) is 3. The van der Waals surface area contributed by atoms with Gasteiger partial charge in [0.2, 0.25) is 0 Å². The molecule has 2 atom stereocenters. The summed E-state index contributed by atoms with van der Waals surface area (Å²) in [5.74, 6) is -1.34. The van der Waals surface area contributed by atoms with Crippen LogP contribution in [0.1, 0.15) is 12.1 Å². The normalized spacial score (nSPS) is 21.8. The van der Waals surface area contributed by atoms with Crippen LogP contribution in [0.25, 0.3) is 0 Å². The minimum Gasteiger partial charge on any atom is -0.487 e. The average Bonchev–Trinajstić information content (AvgIpc) is 2.73. The van der Waals surface area contributed by atoms with E-state index in [2.05, 4.69) is 4.98 Å². The molecule has 4 N–H and O–H groups in total. The second kappa shape index (κ2) is 8.28. The minimum atomic E-state index is -4.23. The third-order valence-electron chi connectivity index (χ3n) is 4.95. The van der Waals surface area contributed by atoms with Gasteiger partial charge in [-0.15, -0.1) is 0 Å². The zero-order valence-electron chi connectivity index (χ0n) is 15.8. The lowest BCUT2D eigenvalue weighted by Crippen LogP contribution is -2.65. The molecule has 1 aliphatic heterocycles. The van der Waals surface area contributed by atoms with Gasteiger partial charge in [-0.25, -0.2) is 18.0 Å². The lowest BCUT2D eigenvalue weighted by atomic mass is 9.92. The van der Waals surface area contributed by atoms with Gasteiger partial charge in [0, 0.05) is 12.7 Å². The van der Waals surface area contributed by atoms with Crippen LogP contribution in [-0.2, 0) is 21.2 Å². The zero-order valence-corrected chi connectivity index (χ0v) is 16.7. The molecule has 2 heterocycles. The van der Waals surface area contributed by atoms with Crippen molar-refractivity contribution in [3.05, 3.63) is 54.4 Å². The molecule has 1 saturated heterocycles. The van der Waals surface area contributed by atoms with Crippen LogP contribution < -0.4 is 10.5 Å². The summed E-state index contributed by atoms with van der Waals surface area (Å²) in [4.78, 5) is 27.9. The first-order valence-corrected chi connectivity index (χ1v) is 10.6. The van der Waals surface area contributed by atoms with E-state index in [0.29, 0.717) is 11.4 Å². The largest absolute Gasteiger partial charge is 0.487 e. The van der Waals surface area contributed by atoms with Crippen LogP contribution >= 0.6 is 0 Å². The van der Waals surface area contributed by atoms with Crippen molar-refractivity contribution in [1.29, 1.82) is 0 Å². The molecule has 11 heteroatoms. The van der Waals surface area contributed by atoms with E-state index < -0.39 is 39.2 Å². The number of β-amino-alcohol motifs (C(OH)–C–C–N with tert-alkyl or cyclic N) is 1. The van der Waals surface area contributed by atoms with Crippen LogP contribution in [0.4, 0.5) is 4.79 Å². The molecule has 0 aliphatic carbocycles. The number of piperidine rings is 1. The highest BCUT2D eigenvalue weighted by Gasteiger charge is 2.55. The molecule has 30 heavy (non-hydrogen) atoms. The van der Waals surface area contributed by atoms with Crippen LogP contribution in [0.2, 0.25) is 0 Å². The van der Waals surface area contributed by atoms with Crippen molar-refractivity contribution in [1.82, 2.24) is 9.88 Å². The molecule has 0 saturated carbocycles. The topological polar surface area (TPSA) is 160 Å². The molecule has 1 aliphatic rings. The molecule has 0 radical (unpaired) electrons. The number of sulfone groups is 1. The Morgan fingerprint density at radius 3 is 2.50 bits per heavy atom. The molecule has 1 fully saturated rings. The second-order valence-corrected chi connectivity index (χ2v) is 9.02. The van der Waals surface area contributed by atoms with Crippen molar-refractivity contribution in [3.63, 3.8) is 0 Å². The summed E-state index contributed by atoms with van der Waals surface area (Å²) in [5.41, 5.74) is 3.17. The van der Waals surface area contributed by atoms with E-state index in [1.807, 2.05) is 6.07 Å². The maximum absolute atomic E-state index is 13.1. The Morgan fingerprint density at radius 2 is 1.93 bits per heavy atom. The summed E-state index contributed by atoms with van der Waals surface area (Å²) in [7, 11) is -4.23. The molecule has 160 valence electrons. The number of ether oxygens (including phenoxy) is 1. The fourth-order valence-corrected chi connectivity index (χ4v) is 5.27. The average molecular weight is 435 g/mol. The Kier molecular flexibility index (Phi) is 5.94. The van der Waals surface area contributed by atoms with Gasteiger partial charge in [-0.3, -0.25) is 4.98 Å². The number of rotatable bonds is 6. The molecule has 2 amide bonds. The van der Waals surface area contributed by atoms with Crippen LogP contribution in [0.5, 0.6) is 5.75 Å². The Morgan fingerprint density at radius 1 is 1.23 bits per heavy atom. The smallest absolute Gasteiger partial charge is 0.338 e. The van der Waals surface area contributed by atoms with Crippen molar-refractivity contribution >= 4 is 21.8 Å². The van der Waals surface area contributed by atoms with Gasteiger partial charge in [0.05, 0.1) is 17.1 Å². The SMILES string of the molecule is NC(=O)N1CCC(S(=O)(=O)c2ccc(OCc3ccccn3)cc2)C(O)(C(=O)O)C1. The summed E-state index contributed by atoms with van der Waals surface area (Å²) >= 11 is 0. The summed E-state index contributed by atoms with van der Waals surface area (Å²) in [5, 5.41) is 18.5. The Bertz CT molecular complexity index is 1030. The number of nitrogens with zero attached hydrogens (tertiary/aromatic N) is 2. The van der Waals surface area contributed by atoms with Crippen molar-refractivity contribution in [3.8, 4) is 5.75 Å². The third-order valence-corrected chi connectivity index (χ3v) is 7.25. The number of benzene rings is 1. The van der Waals surface area contributed by atoms with Crippen LogP contribution in [-0.4, -0.2) is 64.5 Å². The molecular formula is C19H21N3O7S. The van der Waals surface area contributed by atoms with Gasteiger partial charge in [-0.2, -0.15) is 0 Å².